The lowest BCUT2D eigenvalue weighted by Gasteiger charge is -2.35. The minimum absolute atomic E-state index is 0.0958. The number of nitrogens with zero attached hydrogens (tertiary/aromatic N) is 6. The average Bonchev–Trinajstić information content (AvgIpc) is 2.75. The van der Waals surface area contributed by atoms with Gasteiger partial charge in [-0.15, -0.1) is 0 Å². The number of hydrogen-bond donors (Lipinski definition) is 0. The highest BCUT2D eigenvalue weighted by Gasteiger charge is 2.24. The summed E-state index contributed by atoms with van der Waals surface area (Å²) in [5.41, 5.74) is 1.34. The second kappa shape index (κ2) is 8.40. The molecule has 1 aliphatic heterocycles. The number of anilines is 1. The number of rotatable bonds is 4. The Morgan fingerprint density at radius 3 is 2.60 bits per heavy atom. The molecular formula is C21H21FN6O2. The van der Waals surface area contributed by atoms with Crippen molar-refractivity contribution in [3.63, 3.8) is 0 Å². The summed E-state index contributed by atoms with van der Waals surface area (Å²) >= 11 is 0. The van der Waals surface area contributed by atoms with Crippen LogP contribution in [-0.4, -0.2) is 56.7 Å². The molecule has 8 nitrogen and oxygen atoms in total. The molecule has 3 heterocycles. The molecule has 0 atom stereocenters. The van der Waals surface area contributed by atoms with Crippen molar-refractivity contribution >= 4 is 11.7 Å². The Bertz CT molecular complexity index is 1120. The number of carbonyl (C=O) groups is 1. The predicted octanol–water partition coefficient (Wildman–Crippen LogP) is 1.49. The van der Waals surface area contributed by atoms with E-state index in [1.807, 2.05) is 13.0 Å². The number of carbonyl (C=O) groups excluding carboxylic acids is 1. The lowest BCUT2D eigenvalue weighted by Crippen LogP contribution is -2.49. The van der Waals surface area contributed by atoms with E-state index >= 15 is 0 Å². The van der Waals surface area contributed by atoms with Crippen LogP contribution in [0.1, 0.15) is 21.7 Å². The zero-order valence-electron chi connectivity index (χ0n) is 16.5. The molecule has 0 radical (unpaired) electrons. The van der Waals surface area contributed by atoms with Gasteiger partial charge in [-0.3, -0.25) is 9.59 Å². The topological polar surface area (TPSA) is 84.2 Å². The number of hydrogen-bond acceptors (Lipinski definition) is 6. The van der Waals surface area contributed by atoms with Crippen LogP contribution in [0.3, 0.4) is 0 Å². The van der Waals surface area contributed by atoms with Gasteiger partial charge in [-0.05, 0) is 30.7 Å². The highest BCUT2D eigenvalue weighted by molar-refractivity contribution is 5.92. The van der Waals surface area contributed by atoms with Crippen LogP contribution >= 0.6 is 0 Å². The highest BCUT2D eigenvalue weighted by atomic mass is 19.1. The van der Waals surface area contributed by atoms with Gasteiger partial charge in [0.1, 0.15) is 23.7 Å². The number of halogens is 1. The van der Waals surface area contributed by atoms with Gasteiger partial charge in [-0.25, -0.2) is 19.0 Å². The molecule has 1 fully saturated rings. The van der Waals surface area contributed by atoms with Crippen molar-refractivity contribution < 1.29 is 9.18 Å². The van der Waals surface area contributed by atoms with Crippen molar-refractivity contribution in [3.05, 3.63) is 81.9 Å². The van der Waals surface area contributed by atoms with Crippen molar-refractivity contribution in [2.45, 2.75) is 13.5 Å². The van der Waals surface area contributed by atoms with Gasteiger partial charge in [0.05, 0.1) is 6.54 Å². The lowest BCUT2D eigenvalue weighted by atomic mass is 10.2. The van der Waals surface area contributed by atoms with Crippen molar-refractivity contribution in [2.24, 2.45) is 0 Å². The van der Waals surface area contributed by atoms with Crippen molar-refractivity contribution in [1.82, 2.24) is 24.6 Å². The standard InChI is InChI=1S/C21H21FN6O2/c1-15-11-19(24-14-23-15)26-7-9-27(10-8-26)21(30)18-5-6-20(29)28(25-18)13-16-3-2-4-17(22)12-16/h2-6,11-12,14H,7-10,13H2,1H3. The summed E-state index contributed by atoms with van der Waals surface area (Å²) in [4.78, 5) is 37.3. The molecule has 2 aromatic heterocycles. The molecule has 0 aliphatic carbocycles. The Labute approximate surface area is 172 Å². The molecule has 1 saturated heterocycles. The monoisotopic (exact) mass is 408 g/mol. The zero-order chi connectivity index (χ0) is 21.1. The van der Waals surface area contributed by atoms with Gasteiger partial charge >= 0.3 is 0 Å². The Balaban J connectivity index is 1.45. The summed E-state index contributed by atoms with van der Waals surface area (Å²) in [6.45, 7) is 4.34. The van der Waals surface area contributed by atoms with Gasteiger partial charge in [-0.2, -0.15) is 5.10 Å². The first-order valence-corrected chi connectivity index (χ1v) is 9.65. The van der Waals surface area contributed by atoms with Crippen molar-refractivity contribution in [2.75, 3.05) is 31.1 Å². The molecule has 154 valence electrons. The molecule has 1 aromatic carbocycles. The average molecular weight is 408 g/mol. The largest absolute Gasteiger partial charge is 0.353 e. The van der Waals surface area contributed by atoms with Crippen LogP contribution in [0.5, 0.6) is 0 Å². The summed E-state index contributed by atoms with van der Waals surface area (Å²) in [6.07, 6.45) is 1.54. The van der Waals surface area contributed by atoms with Crippen LogP contribution in [0.15, 0.2) is 53.6 Å². The van der Waals surface area contributed by atoms with Gasteiger partial charge in [0.15, 0.2) is 0 Å². The van der Waals surface area contributed by atoms with E-state index in [2.05, 4.69) is 20.0 Å². The highest BCUT2D eigenvalue weighted by Crippen LogP contribution is 2.15. The number of aromatic nitrogens is 4. The van der Waals surface area contributed by atoms with E-state index in [1.54, 1.807) is 17.0 Å². The molecule has 4 rings (SSSR count). The molecule has 0 bridgehead atoms. The molecule has 0 spiro atoms. The molecular weight excluding hydrogens is 387 g/mol. The van der Waals surface area contributed by atoms with Gasteiger partial charge in [0, 0.05) is 44.0 Å². The van der Waals surface area contributed by atoms with Gasteiger partial charge in [0.25, 0.3) is 11.5 Å². The van der Waals surface area contributed by atoms with Crippen LogP contribution in [0.4, 0.5) is 10.2 Å². The smallest absolute Gasteiger partial charge is 0.274 e. The summed E-state index contributed by atoms with van der Waals surface area (Å²) in [5, 5.41) is 4.22. The number of aryl methyl sites for hydroxylation is 1. The van der Waals surface area contributed by atoms with E-state index in [0.717, 1.165) is 11.5 Å². The van der Waals surface area contributed by atoms with Crippen LogP contribution in [0, 0.1) is 12.7 Å². The summed E-state index contributed by atoms with van der Waals surface area (Å²) in [7, 11) is 0. The van der Waals surface area contributed by atoms with Gasteiger partial charge < -0.3 is 9.80 Å². The first kappa shape index (κ1) is 19.7. The first-order valence-electron chi connectivity index (χ1n) is 9.65. The van der Waals surface area contributed by atoms with E-state index in [9.17, 15) is 14.0 Å². The van der Waals surface area contributed by atoms with Crippen LogP contribution in [0.2, 0.25) is 0 Å². The molecule has 0 saturated carbocycles. The molecule has 0 N–H and O–H groups in total. The minimum Gasteiger partial charge on any atom is -0.353 e. The Hall–Kier alpha value is -3.62. The van der Waals surface area contributed by atoms with E-state index in [-0.39, 0.29) is 29.5 Å². The Morgan fingerprint density at radius 1 is 1.07 bits per heavy atom. The lowest BCUT2D eigenvalue weighted by molar-refractivity contribution is 0.0737. The van der Waals surface area contributed by atoms with E-state index < -0.39 is 0 Å². The normalized spacial score (nSPS) is 14.1. The molecule has 1 aliphatic rings. The quantitative estimate of drug-likeness (QED) is 0.650. The third kappa shape index (κ3) is 4.35. The second-order valence-corrected chi connectivity index (χ2v) is 7.14. The summed E-state index contributed by atoms with van der Waals surface area (Å²) in [5.74, 6) is 0.224. The minimum atomic E-state index is -0.385. The molecule has 9 heteroatoms. The van der Waals surface area contributed by atoms with Crippen molar-refractivity contribution in [1.29, 1.82) is 0 Å². The number of piperazine rings is 1. The Morgan fingerprint density at radius 2 is 1.87 bits per heavy atom. The number of benzene rings is 1. The summed E-state index contributed by atoms with van der Waals surface area (Å²) in [6, 6.07) is 10.6. The fraction of sp³-hybridized carbons (Fsp3) is 0.286. The molecule has 30 heavy (non-hydrogen) atoms. The Kier molecular flexibility index (Phi) is 5.51. The molecule has 0 unspecified atom stereocenters. The molecule has 1 amide bonds. The van der Waals surface area contributed by atoms with Gasteiger partial charge in [0.2, 0.25) is 0 Å². The van der Waals surface area contributed by atoms with Crippen LogP contribution < -0.4 is 10.5 Å². The van der Waals surface area contributed by atoms with Crippen LogP contribution in [-0.2, 0) is 6.54 Å². The van der Waals surface area contributed by atoms with E-state index in [1.165, 1.54) is 35.3 Å². The van der Waals surface area contributed by atoms with E-state index in [0.29, 0.717) is 31.7 Å². The third-order valence-electron chi connectivity index (χ3n) is 4.99. The fourth-order valence-electron chi connectivity index (χ4n) is 3.40. The predicted molar refractivity (Wildman–Crippen MR) is 109 cm³/mol. The SMILES string of the molecule is Cc1cc(N2CCN(C(=O)c3ccc(=O)n(Cc4cccc(F)c4)n3)CC2)ncn1. The maximum Gasteiger partial charge on any atom is 0.274 e. The maximum atomic E-state index is 13.4. The van der Waals surface area contributed by atoms with Crippen molar-refractivity contribution in [3.8, 4) is 0 Å². The summed E-state index contributed by atoms with van der Waals surface area (Å²) < 4.78 is 14.6. The first-order chi connectivity index (χ1) is 14.5. The fourth-order valence-corrected chi connectivity index (χ4v) is 3.40. The molecule has 3 aromatic rings. The van der Waals surface area contributed by atoms with E-state index in [4.69, 9.17) is 0 Å². The number of amides is 1. The third-order valence-corrected chi connectivity index (χ3v) is 4.99. The maximum absolute atomic E-state index is 13.4. The second-order valence-electron chi connectivity index (χ2n) is 7.14. The van der Waals surface area contributed by atoms with Gasteiger partial charge in [-0.1, -0.05) is 12.1 Å². The van der Waals surface area contributed by atoms with Crippen LogP contribution in [0.25, 0.3) is 0 Å². The zero-order valence-corrected chi connectivity index (χ0v) is 16.5.